The maximum atomic E-state index is 10.4. The molecular weight excluding hydrogens is 342 g/mol. The van der Waals surface area contributed by atoms with E-state index in [1.165, 1.54) is 6.08 Å². The number of carbonyl (C=O) groups excluding carboxylic acids is 1. The van der Waals surface area contributed by atoms with Crippen molar-refractivity contribution in [3.05, 3.63) is 77.2 Å². The Kier molecular flexibility index (Phi) is 5.71. The minimum absolute atomic E-state index is 0.467. The fourth-order valence-corrected chi connectivity index (χ4v) is 2.67. The van der Waals surface area contributed by atoms with Gasteiger partial charge in [-0.3, -0.25) is 0 Å². The average molecular weight is 362 g/mol. The summed E-state index contributed by atoms with van der Waals surface area (Å²) in [7, 11) is 0. The third-order valence-electron chi connectivity index (χ3n) is 4.06. The molecule has 0 amide bonds. The van der Waals surface area contributed by atoms with E-state index >= 15 is 0 Å². The second kappa shape index (κ2) is 8.36. The summed E-state index contributed by atoms with van der Waals surface area (Å²) >= 11 is 0. The van der Waals surface area contributed by atoms with Crippen molar-refractivity contribution in [1.82, 2.24) is 4.98 Å². The lowest BCUT2D eigenvalue weighted by Crippen LogP contribution is -2.18. The van der Waals surface area contributed by atoms with Gasteiger partial charge in [0.1, 0.15) is 11.5 Å². The van der Waals surface area contributed by atoms with Crippen LogP contribution in [-0.2, 0) is 11.2 Å². The molecule has 0 aliphatic carbocycles. The molecule has 3 rings (SSSR count). The summed E-state index contributed by atoms with van der Waals surface area (Å²) in [6.45, 7) is 4.41. The Morgan fingerprint density at radius 1 is 1.19 bits per heavy atom. The number of ether oxygens (including phenoxy) is 1. The lowest BCUT2D eigenvalue weighted by Gasteiger charge is -2.05. The number of carboxylic acid groups (broad SMARTS) is 1. The van der Waals surface area contributed by atoms with Gasteiger partial charge in [0.2, 0.25) is 5.89 Å². The lowest BCUT2D eigenvalue weighted by molar-refractivity contribution is -0.297. The van der Waals surface area contributed by atoms with Crippen LogP contribution < -0.4 is 9.84 Å². The molecule has 0 aliphatic rings. The predicted molar refractivity (Wildman–Crippen MR) is 101 cm³/mol. The molecule has 1 aromatic heterocycles. The number of benzene rings is 2. The second-order valence-corrected chi connectivity index (χ2v) is 6.21. The first-order valence-electron chi connectivity index (χ1n) is 8.66. The third-order valence-corrected chi connectivity index (χ3v) is 4.06. The van der Waals surface area contributed by atoms with E-state index in [0.717, 1.165) is 34.2 Å². The van der Waals surface area contributed by atoms with E-state index < -0.39 is 5.97 Å². The van der Waals surface area contributed by atoms with Crippen LogP contribution >= 0.6 is 0 Å². The molecule has 27 heavy (non-hydrogen) atoms. The molecule has 0 saturated heterocycles. The molecule has 2 aromatic carbocycles. The first-order valence-corrected chi connectivity index (χ1v) is 8.66. The minimum Gasteiger partial charge on any atom is -0.545 e. The normalized spacial score (nSPS) is 11.0. The SMILES string of the molecule is Cc1cccc(-c2nc(CCOc3ccc(/C=C/C(=O)[O-])cc3)c(C)o2)c1. The number of hydrogen-bond acceptors (Lipinski definition) is 5. The molecule has 0 spiro atoms. The van der Waals surface area contributed by atoms with E-state index in [1.54, 1.807) is 24.3 Å². The van der Waals surface area contributed by atoms with Crippen LogP contribution in [-0.4, -0.2) is 17.6 Å². The van der Waals surface area contributed by atoms with Crippen LogP contribution in [0.3, 0.4) is 0 Å². The summed E-state index contributed by atoms with van der Waals surface area (Å²) in [5, 5.41) is 10.4. The van der Waals surface area contributed by atoms with Crippen LogP contribution in [0.15, 0.2) is 59.0 Å². The van der Waals surface area contributed by atoms with Crippen LogP contribution in [0.25, 0.3) is 17.5 Å². The molecule has 0 bridgehead atoms. The van der Waals surface area contributed by atoms with Crippen LogP contribution in [0.1, 0.15) is 22.6 Å². The fraction of sp³-hybridized carbons (Fsp3) is 0.182. The summed E-state index contributed by atoms with van der Waals surface area (Å²) in [5.74, 6) is 0.900. The number of nitrogens with zero attached hydrogens (tertiary/aromatic N) is 1. The van der Waals surface area contributed by atoms with Gasteiger partial charge in [0, 0.05) is 12.0 Å². The van der Waals surface area contributed by atoms with Crippen molar-refractivity contribution in [3.8, 4) is 17.2 Å². The highest BCUT2D eigenvalue weighted by atomic mass is 16.5. The van der Waals surface area contributed by atoms with Crippen molar-refractivity contribution in [3.63, 3.8) is 0 Å². The fourth-order valence-electron chi connectivity index (χ4n) is 2.67. The minimum atomic E-state index is -1.22. The van der Waals surface area contributed by atoms with Gasteiger partial charge in [-0.05, 0) is 49.8 Å². The Bertz CT molecular complexity index is 955. The van der Waals surface area contributed by atoms with Crippen LogP contribution in [0.5, 0.6) is 5.75 Å². The maximum Gasteiger partial charge on any atom is 0.226 e. The highest BCUT2D eigenvalue weighted by Crippen LogP contribution is 2.23. The Labute approximate surface area is 157 Å². The zero-order chi connectivity index (χ0) is 19.2. The molecule has 0 radical (unpaired) electrons. The Morgan fingerprint density at radius 3 is 2.67 bits per heavy atom. The van der Waals surface area contributed by atoms with Gasteiger partial charge < -0.3 is 19.1 Å². The van der Waals surface area contributed by atoms with Gasteiger partial charge in [0.05, 0.1) is 18.3 Å². The number of aliphatic carboxylic acids is 1. The number of carboxylic acids is 1. The molecule has 138 valence electrons. The van der Waals surface area contributed by atoms with Crippen molar-refractivity contribution < 1.29 is 19.1 Å². The molecule has 0 N–H and O–H groups in total. The van der Waals surface area contributed by atoms with Crippen molar-refractivity contribution in [1.29, 1.82) is 0 Å². The van der Waals surface area contributed by atoms with E-state index in [0.29, 0.717) is 24.7 Å². The molecule has 5 nitrogen and oxygen atoms in total. The summed E-state index contributed by atoms with van der Waals surface area (Å²) in [6.07, 6.45) is 3.10. The van der Waals surface area contributed by atoms with Gasteiger partial charge in [0.15, 0.2) is 0 Å². The molecule has 0 atom stereocenters. The van der Waals surface area contributed by atoms with Gasteiger partial charge in [-0.15, -0.1) is 0 Å². The second-order valence-electron chi connectivity index (χ2n) is 6.21. The topological polar surface area (TPSA) is 75.4 Å². The zero-order valence-corrected chi connectivity index (χ0v) is 15.3. The summed E-state index contributed by atoms with van der Waals surface area (Å²) < 4.78 is 11.5. The molecule has 0 aliphatic heterocycles. The average Bonchev–Trinajstić information content (AvgIpc) is 3.02. The standard InChI is InChI=1S/C22H21NO4/c1-15-4-3-5-18(14-15)22-23-20(16(2)27-22)12-13-26-19-9-6-17(7-10-19)8-11-21(24)25/h3-11,14H,12-13H2,1-2H3,(H,24,25)/p-1/b11-8+. The Balaban J connectivity index is 1.58. The molecule has 0 saturated carbocycles. The summed E-state index contributed by atoms with van der Waals surface area (Å²) in [5.41, 5.74) is 3.76. The van der Waals surface area contributed by atoms with Crippen molar-refractivity contribution in [2.45, 2.75) is 20.3 Å². The van der Waals surface area contributed by atoms with Gasteiger partial charge >= 0.3 is 0 Å². The largest absolute Gasteiger partial charge is 0.545 e. The highest BCUT2D eigenvalue weighted by Gasteiger charge is 2.11. The van der Waals surface area contributed by atoms with Crippen LogP contribution in [0.2, 0.25) is 0 Å². The van der Waals surface area contributed by atoms with E-state index in [9.17, 15) is 9.90 Å². The molecule has 0 unspecified atom stereocenters. The number of aryl methyl sites for hydroxylation is 2. The number of oxazole rings is 1. The van der Waals surface area contributed by atoms with Crippen molar-refractivity contribution >= 4 is 12.0 Å². The molecule has 0 fully saturated rings. The molecule has 1 heterocycles. The zero-order valence-electron chi connectivity index (χ0n) is 15.3. The van der Waals surface area contributed by atoms with Gasteiger partial charge in [0.25, 0.3) is 0 Å². The number of aromatic nitrogens is 1. The highest BCUT2D eigenvalue weighted by molar-refractivity contribution is 5.83. The summed E-state index contributed by atoms with van der Waals surface area (Å²) in [4.78, 5) is 15.0. The van der Waals surface area contributed by atoms with Crippen molar-refractivity contribution in [2.24, 2.45) is 0 Å². The van der Waals surface area contributed by atoms with E-state index in [2.05, 4.69) is 4.98 Å². The monoisotopic (exact) mass is 362 g/mol. The lowest BCUT2D eigenvalue weighted by atomic mass is 10.1. The smallest absolute Gasteiger partial charge is 0.226 e. The van der Waals surface area contributed by atoms with E-state index in [1.807, 2.05) is 38.1 Å². The van der Waals surface area contributed by atoms with E-state index in [4.69, 9.17) is 9.15 Å². The third kappa shape index (κ3) is 5.07. The Hall–Kier alpha value is -3.34. The predicted octanol–water partition coefficient (Wildman–Crippen LogP) is 3.34. The number of hydrogen-bond donors (Lipinski definition) is 0. The van der Waals surface area contributed by atoms with Gasteiger partial charge in [-0.1, -0.05) is 35.9 Å². The Morgan fingerprint density at radius 2 is 1.96 bits per heavy atom. The number of carbonyl (C=O) groups is 1. The molecular formula is C22H20NO4-. The molecule has 5 heteroatoms. The van der Waals surface area contributed by atoms with E-state index in [-0.39, 0.29) is 0 Å². The van der Waals surface area contributed by atoms with Gasteiger partial charge in [-0.2, -0.15) is 0 Å². The van der Waals surface area contributed by atoms with Crippen LogP contribution in [0, 0.1) is 13.8 Å². The van der Waals surface area contributed by atoms with Gasteiger partial charge in [-0.25, -0.2) is 4.98 Å². The maximum absolute atomic E-state index is 10.4. The van der Waals surface area contributed by atoms with Crippen molar-refractivity contribution in [2.75, 3.05) is 6.61 Å². The number of rotatable bonds is 7. The first kappa shape index (κ1) is 18.5. The summed E-state index contributed by atoms with van der Waals surface area (Å²) in [6, 6.07) is 15.2. The first-order chi connectivity index (χ1) is 13.0. The van der Waals surface area contributed by atoms with Crippen LogP contribution in [0.4, 0.5) is 0 Å². The molecule has 3 aromatic rings. The quantitative estimate of drug-likeness (QED) is 0.603.